The minimum atomic E-state index is 0.798. The van der Waals surface area contributed by atoms with E-state index in [1.54, 1.807) is 0 Å². The van der Waals surface area contributed by atoms with Crippen LogP contribution in [0.25, 0.3) is 0 Å². The van der Waals surface area contributed by atoms with Crippen LogP contribution in [0.4, 0.5) is 0 Å². The number of likely N-dealkylation sites (tertiary alicyclic amines) is 1. The van der Waals surface area contributed by atoms with Crippen LogP contribution in [0.5, 0.6) is 0 Å². The minimum Gasteiger partial charge on any atom is -0.316 e. The molecule has 0 aliphatic carbocycles. The molecule has 0 radical (unpaired) electrons. The zero-order chi connectivity index (χ0) is 11.5. The van der Waals surface area contributed by atoms with E-state index in [0.29, 0.717) is 0 Å². The van der Waals surface area contributed by atoms with Crippen molar-refractivity contribution in [2.24, 2.45) is 11.8 Å². The SMILES string of the molecule is CC1CNCCC1N(C)CC1CCN(C)C1. The predicted molar refractivity (Wildman–Crippen MR) is 68.7 cm³/mol. The van der Waals surface area contributed by atoms with Crippen LogP contribution in [-0.2, 0) is 0 Å². The van der Waals surface area contributed by atoms with Crippen molar-refractivity contribution in [2.75, 3.05) is 46.8 Å². The summed E-state index contributed by atoms with van der Waals surface area (Å²) in [5.74, 6) is 1.70. The third-order valence-corrected chi connectivity index (χ3v) is 4.34. The van der Waals surface area contributed by atoms with Crippen LogP contribution in [0.2, 0.25) is 0 Å². The number of nitrogens with one attached hydrogen (secondary N) is 1. The lowest BCUT2D eigenvalue weighted by Gasteiger charge is -2.37. The molecule has 0 aromatic rings. The van der Waals surface area contributed by atoms with E-state index in [2.05, 4.69) is 36.1 Å². The Morgan fingerprint density at radius 1 is 1.38 bits per heavy atom. The van der Waals surface area contributed by atoms with Crippen LogP contribution < -0.4 is 5.32 Å². The number of piperidine rings is 1. The lowest BCUT2D eigenvalue weighted by molar-refractivity contribution is 0.131. The van der Waals surface area contributed by atoms with Crippen LogP contribution in [-0.4, -0.2) is 62.7 Å². The number of hydrogen-bond acceptors (Lipinski definition) is 3. The van der Waals surface area contributed by atoms with E-state index in [0.717, 1.165) is 17.9 Å². The Bertz CT molecular complexity index is 219. The van der Waals surface area contributed by atoms with Gasteiger partial charge in [0.25, 0.3) is 0 Å². The first kappa shape index (κ1) is 12.3. The van der Waals surface area contributed by atoms with E-state index in [1.807, 2.05) is 0 Å². The fourth-order valence-electron chi connectivity index (χ4n) is 3.37. The van der Waals surface area contributed by atoms with Crippen LogP contribution in [0.1, 0.15) is 19.8 Å². The summed E-state index contributed by atoms with van der Waals surface area (Å²) in [7, 11) is 4.57. The highest BCUT2D eigenvalue weighted by Crippen LogP contribution is 2.21. The van der Waals surface area contributed by atoms with Crippen LogP contribution >= 0.6 is 0 Å². The fourth-order valence-corrected chi connectivity index (χ4v) is 3.37. The summed E-state index contributed by atoms with van der Waals surface area (Å²) in [6.45, 7) is 8.65. The number of nitrogens with zero attached hydrogens (tertiary/aromatic N) is 2. The molecule has 2 aliphatic rings. The molecular formula is C13H27N3. The molecule has 0 aromatic heterocycles. The van der Waals surface area contributed by atoms with Crippen LogP contribution in [0, 0.1) is 11.8 Å². The second kappa shape index (κ2) is 5.48. The summed E-state index contributed by atoms with van der Waals surface area (Å²) in [4.78, 5) is 5.08. The summed E-state index contributed by atoms with van der Waals surface area (Å²) >= 11 is 0. The van der Waals surface area contributed by atoms with Crippen molar-refractivity contribution < 1.29 is 0 Å². The molecule has 0 aromatic carbocycles. The van der Waals surface area contributed by atoms with Crippen molar-refractivity contribution in [3.63, 3.8) is 0 Å². The molecule has 2 rings (SSSR count). The Balaban J connectivity index is 1.80. The molecule has 0 amide bonds. The zero-order valence-electron chi connectivity index (χ0n) is 11.1. The highest BCUT2D eigenvalue weighted by atomic mass is 15.2. The molecule has 3 heteroatoms. The van der Waals surface area contributed by atoms with Gasteiger partial charge in [-0.2, -0.15) is 0 Å². The van der Waals surface area contributed by atoms with Gasteiger partial charge in [0.15, 0.2) is 0 Å². The minimum absolute atomic E-state index is 0.798. The average Bonchev–Trinajstić information content (AvgIpc) is 2.64. The van der Waals surface area contributed by atoms with E-state index in [4.69, 9.17) is 0 Å². The molecule has 16 heavy (non-hydrogen) atoms. The Kier molecular flexibility index (Phi) is 4.22. The van der Waals surface area contributed by atoms with Crippen LogP contribution in [0.3, 0.4) is 0 Å². The van der Waals surface area contributed by atoms with E-state index < -0.39 is 0 Å². The van der Waals surface area contributed by atoms with Gasteiger partial charge in [-0.1, -0.05) is 6.92 Å². The van der Waals surface area contributed by atoms with E-state index in [9.17, 15) is 0 Å². The summed E-state index contributed by atoms with van der Waals surface area (Å²) in [6, 6.07) is 0.798. The summed E-state index contributed by atoms with van der Waals surface area (Å²) in [5.41, 5.74) is 0. The van der Waals surface area contributed by atoms with E-state index >= 15 is 0 Å². The second-order valence-corrected chi connectivity index (χ2v) is 5.89. The van der Waals surface area contributed by atoms with E-state index in [-0.39, 0.29) is 0 Å². The highest BCUT2D eigenvalue weighted by molar-refractivity contribution is 4.84. The van der Waals surface area contributed by atoms with E-state index in [1.165, 1.54) is 45.6 Å². The molecule has 2 heterocycles. The normalized spacial score (nSPS) is 37.1. The molecule has 0 saturated carbocycles. The maximum Gasteiger partial charge on any atom is 0.0142 e. The van der Waals surface area contributed by atoms with Gasteiger partial charge in [0.2, 0.25) is 0 Å². The van der Waals surface area contributed by atoms with Crippen molar-refractivity contribution in [1.29, 1.82) is 0 Å². The third-order valence-electron chi connectivity index (χ3n) is 4.34. The lowest BCUT2D eigenvalue weighted by atomic mass is 9.93. The van der Waals surface area contributed by atoms with Gasteiger partial charge in [-0.15, -0.1) is 0 Å². The van der Waals surface area contributed by atoms with Gasteiger partial charge in [0, 0.05) is 19.1 Å². The summed E-state index contributed by atoms with van der Waals surface area (Å²) in [6.07, 6.45) is 2.71. The maximum atomic E-state index is 3.49. The Labute approximate surface area is 100 Å². The Morgan fingerprint density at radius 2 is 2.19 bits per heavy atom. The van der Waals surface area contributed by atoms with Crippen molar-refractivity contribution in [2.45, 2.75) is 25.8 Å². The van der Waals surface area contributed by atoms with Crippen LogP contribution in [0.15, 0.2) is 0 Å². The molecule has 3 unspecified atom stereocenters. The van der Waals surface area contributed by atoms with Gasteiger partial charge >= 0.3 is 0 Å². The molecule has 2 fully saturated rings. The summed E-state index contributed by atoms with van der Waals surface area (Å²) < 4.78 is 0. The molecule has 0 spiro atoms. The molecular weight excluding hydrogens is 198 g/mol. The van der Waals surface area contributed by atoms with Gasteiger partial charge in [-0.25, -0.2) is 0 Å². The van der Waals surface area contributed by atoms with Gasteiger partial charge in [0.1, 0.15) is 0 Å². The maximum absolute atomic E-state index is 3.49. The van der Waals surface area contributed by atoms with Gasteiger partial charge in [0.05, 0.1) is 0 Å². The van der Waals surface area contributed by atoms with Gasteiger partial charge < -0.3 is 15.1 Å². The monoisotopic (exact) mass is 225 g/mol. The predicted octanol–water partition coefficient (Wildman–Crippen LogP) is 0.868. The molecule has 94 valence electrons. The average molecular weight is 225 g/mol. The van der Waals surface area contributed by atoms with Crippen molar-refractivity contribution in [1.82, 2.24) is 15.1 Å². The first-order valence-electron chi connectivity index (χ1n) is 6.76. The van der Waals surface area contributed by atoms with Crippen molar-refractivity contribution >= 4 is 0 Å². The van der Waals surface area contributed by atoms with Crippen molar-refractivity contribution in [3.05, 3.63) is 0 Å². The first-order valence-corrected chi connectivity index (χ1v) is 6.76. The molecule has 2 saturated heterocycles. The van der Waals surface area contributed by atoms with Gasteiger partial charge in [-0.05, 0) is 58.4 Å². The lowest BCUT2D eigenvalue weighted by Crippen LogP contribution is -2.48. The van der Waals surface area contributed by atoms with Crippen molar-refractivity contribution in [3.8, 4) is 0 Å². The molecule has 0 bridgehead atoms. The Morgan fingerprint density at radius 3 is 2.81 bits per heavy atom. The quantitative estimate of drug-likeness (QED) is 0.769. The molecule has 3 atom stereocenters. The number of rotatable bonds is 3. The second-order valence-electron chi connectivity index (χ2n) is 5.89. The summed E-state index contributed by atoms with van der Waals surface area (Å²) in [5, 5.41) is 3.49. The van der Waals surface area contributed by atoms with Gasteiger partial charge in [-0.3, -0.25) is 0 Å². The molecule has 1 N–H and O–H groups in total. The zero-order valence-corrected chi connectivity index (χ0v) is 11.1. The standard InChI is InChI=1S/C13H27N3/c1-11-8-14-6-4-13(11)16(3)10-12-5-7-15(2)9-12/h11-14H,4-10H2,1-3H3. The highest BCUT2D eigenvalue weighted by Gasteiger charge is 2.28. The fraction of sp³-hybridized carbons (Fsp3) is 1.00. The number of hydrogen-bond donors (Lipinski definition) is 1. The Hall–Kier alpha value is -0.120. The largest absolute Gasteiger partial charge is 0.316 e. The first-order chi connectivity index (χ1) is 7.66. The smallest absolute Gasteiger partial charge is 0.0142 e. The molecule has 2 aliphatic heterocycles. The molecule has 3 nitrogen and oxygen atoms in total. The third kappa shape index (κ3) is 2.96. The topological polar surface area (TPSA) is 18.5 Å².